The van der Waals surface area contributed by atoms with Crippen LogP contribution in [0.25, 0.3) is 10.9 Å². The molecule has 0 fully saturated rings. The number of aromatic nitrogens is 2. The topological polar surface area (TPSA) is 87.9 Å². The van der Waals surface area contributed by atoms with Crippen molar-refractivity contribution in [1.82, 2.24) is 9.97 Å². The molecule has 0 aliphatic carbocycles. The number of pyridine rings is 2. The Morgan fingerprint density at radius 2 is 2.12 bits per heavy atom. The summed E-state index contributed by atoms with van der Waals surface area (Å²) < 4.78 is 18.2. The number of hydrogen-bond donors (Lipinski definition) is 1. The molecule has 0 aliphatic rings. The van der Waals surface area contributed by atoms with E-state index in [9.17, 15) is 14.4 Å². The third kappa shape index (κ3) is 2.85. The zero-order valence-electron chi connectivity index (χ0n) is 12.6. The number of benzene rings is 1. The first kappa shape index (κ1) is 15.4. The van der Waals surface area contributed by atoms with Crippen molar-refractivity contribution in [2.75, 3.05) is 12.4 Å². The van der Waals surface area contributed by atoms with Crippen LogP contribution in [0.15, 0.2) is 42.7 Å². The van der Waals surface area contributed by atoms with E-state index in [1.165, 1.54) is 25.6 Å². The molecule has 0 aliphatic heterocycles. The Morgan fingerprint density at radius 3 is 2.88 bits per heavy atom. The number of ether oxygens (including phenoxy) is 1. The van der Waals surface area contributed by atoms with Gasteiger partial charge < -0.3 is 10.1 Å². The summed E-state index contributed by atoms with van der Waals surface area (Å²) in [5.41, 5.74) is 2.00. The van der Waals surface area contributed by atoms with Crippen LogP contribution in [0, 0.1) is 17.3 Å². The molecule has 6 nitrogen and oxygen atoms in total. The Hall–Kier alpha value is -3.53. The zero-order valence-corrected chi connectivity index (χ0v) is 12.6. The highest BCUT2D eigenvalue weighted by atomic mass is 19.1. The summed E-state index contributed by atoms with van der Waals surface area (Å²) in [6.45, 7) is 0. The maximum Gasteiger partial charge on any atom is 0.337 e. The maximum atomic E-state index is 13.5. The summed E-state index contributed by atoms with van der Waals surface area (Å²) in [5.74, 6) is -1.15. The van der Waals surface area contributed by atoms with Gasteiger partial charge in [0.05, 0.1) is 35.6 Å². The van der Waals surface area contributed by atoms with Gasteiger partial charge in [0, 0.05) is 23.3 Å². The third-order valence-electron chi connectivity index (χ3n) is 3.39. The highest BCUT2D eigenvalue weighted by Gasteiger charge is 2.12. The van der Waals surface area contributed by atoms with Gasteiger partial charge in [0.1, 0.15) is 6.07 Å². The SMILES string of the molecule is COC(=O)c1cccc(Nc2c(C#N)cnc3cnc(F)cc23)c1. The van der Waals surface area contributed by atoms with Gasteiger partial charge in [-0.1, -0.05) is 6.07 Å². The number of nitriles is 1. The predicted molar refractivity (Wildman–Crippen MR) is 85.3 cm³/mol. The molecule has 0 saturated carbocycles. The lowest BCUT2D eigenvalue weighted by molar-refractivity contribution is 0.0601. The predicted octanol–water partition coefficient (Wildman–Crippen LogP) is 3.17. The van der Waals surface area contributed by atoms with E-state index in [2.05, 4.69) is 20.0 Å². The van der Waals surface area contributed by atoms with E-state index in [1.807, 2.05) is 6.07 Å². The molecule has 2 heterocycles. The average Bonchev–Trinajstić information content (AvgIpc) is 2.61. The summed E-state index contributed by atoms with van der Waals surface area (Å²) in [6, 6.07) is 9.80. The highest BCUT2D eigenvalue weighted by molar-refractivity contribution is 5.96. The number of fused-ring (bicyclic) bond motifs is 1. The number of nitrogens with one attached hydrogen (secondary N) is 1. The van der Waals surface area contributed by atoms with Crippen molar-refractivity contribution in [2.45, 2.75) is 0 Å². The largest absolute Gasteiger partial charge is 0.465 e. The molecule has 118 valence electrons. The minimum absolute atomic E-state index is 0.247. The molecule has 0 spiro atoms. The number of nitrogens with zero attached hydrogens (tertiary/aromatic N) is 3. The van der Waals surface area contributed by atoms with Crippen LogP contribution < -0.4 is 5.32 Å². The smallest absolute Gasteiger partial charge is 0.337 e. The first-order valence-electron chi connectivity index (χ1n) is 6.92. The van der Waals surface area contributed by atoms with Crippen molar-refractivity contribution in [3.8, 4) is 6.07 Å². The standard InChI is InChI=1S/C17H11FN4O2/c1-24-17(23)10-3-2-4-12(5-10)22-16-11(7-19)8-20-14-9-21-15(18)6-13(14)16/h2-6,8-9H,1H3,(H,20,22). The van der Waals surface area contributed by atoms with Crippen molar-refractivity contribution in [2.24, 2.45) is 0 Å². The lowest BCUT2D eigenvalue weighted by Gasteiger charge is -2.12. The number of anilines is 2. The minimum Gasteiger partial charge on any atom is -0.465 e. The normalized spacial score (nSPS) is 10.2. The summed E-state index contributed by atoms with van der Waals surface area (Å²) in [7, 11) is 1.29. The molecule has 2 aromatic heterocycles. The van der Waals surface area contributed by atoms with Crippen LogP contribution in [0.4, 0.5) is 15.8 Å². The number of halogens is 1. The fourth-order valence-electron chi connectivity index (χ4n) is 2.28. The second-order valence-corrected chi connectivity index (χ2v) is 4.88. The van der Waals surface area contributed by atoms with E-state index in [1.54, 1.807) is 24.3 Å². The van der Waals surface area contributed by atoms with E-state index in [0.717, 1.165) is 0 Å². The Bertz CT molecular complexity index is 982. The maximum absolute atomic E-state index is 13.5. The van der Waals surface area contributed by atoms with Gasteiger partial charge in [-0.3, -0.25) is 4.98 Å². The van der Waals surface area contributed by atoms with Crippen LogP contribution in [-0.2, 0) is 4.74 Å². The molecule has 0 unspecified atom stereocenters. The third-order valence-corrected chi connectivity index (χ3v) is 3.39. The molecule has 1 aromatic carbocycles. The van der Waals surface area contributed by atoms with Crippen LogP contribution in [0.5, 0.6) is 0 Å². The molecule has 3 aromatic rings. The summed E-state index contributed by atoms with van der Waals surface area (Å²) in [6.07, 6.45) is 2.68. The van der Waals surface area contributed by atoms with Crippen molar-refractivity contribution in [1.29, 1.82) is 5.26 Å². The minimum atomic E-state index is -0.675. The molecule has 0 bridgehead atoms. The molecule has 1 N–H and O–H groups in total. The molecule has 3 rings (SSSR count). The average molecular weight is 322 g/mol. The van der Waals surface area contributed by atoms with Crippen LogP contribution in [0.1, 0.15) is 15.9 Å². The lowest BCUT2D eigenvalue weighted by atomic mass is 10.1. The van der Waals surface area contributed by atoms with Gasteiger partial charge in [-0.15, -0.1) is 0 Å². The second-order valence-electron chi connectivity index (χ2n) is 4.88. The van der Waals surface area contributed by atoms with E-state index in [0.29, 0.717) is 27.8 Å². The van der Waals surface area contributed by atoms with Gasteiger partial charge >= 0.3 is 5.97 Å². The Labute approximate surface area is 136 Å². The number of carbonyl (C=O) groups excluding carboxylic acids is 1. The van der Waals surface area contributed by atoms with Crippen molar-refractivity contribution < 1.29 is 13.9 Å². The van der Waals surface area contributed by atoms with E-state index >= 15 is 0 Å². The zero-order chi connectivity index (χ0) is 17.1. The molecule has 0 radical (unpaired) electrons. The van der Waals surface area contributed by atoms with Gasteiger partial charge in [-0.25, -0.2) is 9.78 Å². The summed E-state index contributed by atoms with van der Waals surface area (Å²) >= 11 is 0. The van der Waals surface area contributed by atoms with E-state index < -0.39 is 11.9 Å². The molecule has 24 heavy (non-hydrogen) atoms. The first-order valence-corrected chi connectivity index (χ1v) is 6.92. The van der Waals surface area contributed by atoms with Crippen molar-refractivity contribution in [3.05, 3.63) is 59.8 Å². The van der Waals surface area contributed by atoms with Crippen molar-refractivity contribution >= 4 is 28.2 Å². The van der Waals surface area contributed by atoms with E-state index in [4.69, 9.17) is 0 Å². The number of carbonyl (C=O) groups is 1. The number of hydrogen-bond acceptors (Lipinski definition) is 6. The van der Waals surface area contributed by atoms with Gasteiger partial charge in [0.2, 0.25) is 5.95 Å². The molecular formula is C17H11FN4O2. The Balaban J connectivity index is 2.11. The molecule has 0 saturated heterocycles. The lowest BCUT2D eigenvalue weighted by Crippen LogP contribution is -2.03. The van der Waals surface area contributed by atoms with Crippen LogP contribution in [0.3, 0.4) is 0 Å². The van der Waals surface area contributed by atoms with Crippen LogP contribution in [0.2, 0.25) is 0 Å². The summed E-state index contributed by atoms with van der Waals surface area (Å²) in [5, 5.41) is 12.8. The highest BCUT2D eigenvalue weighted by Crippen LogP contribution is 2.29. The monoisotopic (exact) mass is 322 g/mol. The van der Waals surface area contributed by atoms with Crippen molar-refractivity contribution in [3.63, 3.8) is 0 Å². The second kappa shape index (κ2) is 6.30. The number of methoxy groups -OCH3 is 1. The summed E-state index contributed by atoms with van der Waals surface area (Å²) in [4.78, 5) is 19.3. The fourth-order valence-corrected chi connectivity index (χ4v) is 2.28. The molecular weight excluding hydrogens is 311 g/mol. The fraction of sp³-hybridized carbons (Fsp3) is 0.0588. The van der Waals surface area contributed by atoms with Gasteiger partial charge in [-0.2, -0.15) is 9.65 Å². The molecule has 7 heteroatoms. The van der Waals surface area contributed by atoms with E-state index in [-0.39, 0.29) is 5.56 Å². The molecule has 0 atom stereocenters. The first-order chi connectivity index (χ1) is 11.6. The quantitative estimate of drug-likeness (QED) is 0.588. The van der Waals surface area contributed by atoms with Gasteiger partial charge in [0.25, 0.3) is 0 Å². The van der Waals surface area contributed by atoms with Crippen LogP contribution >= 0.6 is 0 Å². The van der Waals surface area contributed by atoms with Crippen LogP contribution in [-0.4, -0.2) is 23.0 Å². The molecule has 0 amide bonds. The van der Waals surface area contributed by atoms with Gasteiger partial charge in [0.15, 0.2) is 0 Å². The Morgan fingerprint density at radius 1 is 1.29 bits per heavy atom. The number of rotatable bonds is 3. The number of esters is 1. The van der Waals surface area contributed by atoms with Gasteiger partial charge in [-0.05, 0) is 18.2 Å². The Kier molecular flexibility index (Phi) is 4.03.